The molecular formula is C7H12O3. The average molecular weight is 144 g/mol. The molecule has 0 rings (SSSR count). The van der Waals surface area contributed by atoms with Gasteiger partial charge in [0.1, 0.15) is 0 Å². The van der Waals surface area contributed by atoms with Crippen LogP contribution in [-0.4, -0.2) is 24.3 Å². The highest BCUT2D eigenvalue weighted by Gasteiger charge is 2.12. The van der Waals surface area contributed by atoms with E-state index in [1.54, 1.807) is 6.92 Å². The molecule has 3 heteroatoms. The summed E-state index contributed by atoms with van der Waals surface area (Å²) in [5.41, 5.74) is 0.294. The molecule has 3 nitrogen and oxygen atoms in total. The molecule has 0 bridgehead atoms. The molecule has 0 aliphatic carbocycles. The lowest BCUT2D eigenvalue weighted by Crippen LogP contribution is -2.15. The highest BCUT2D eigenvalue weighted by Crippen LogP contribution is 2.02. The van der Waals surface area contributed by atoms with E-state index in [1.807, 2.05) is 0 Å². The number of aliphatic hydroxyl groups is 1. The minimum atomic E-state index is -0.752. The third-order valence-electron chi connectivity index (χ3n) is 1.18. The highest BCUT2D eigenvalue weighted by atomic mass is 16.5. The maximum Gasteiger partial charge on any atom is 0.336 e. The molecule has 0 aromatic rings. The number of rotatable bonds is 2. The Balaban J connectivity index is 4.24. The van der Waals surface area contributed by atoms with E-state index in [0.717, 1.165) is 0 Å². The van der Waals surface area contributed by atoms with Crippen molar-refractivity contribution in [2.24, 2.45) is 0 Å². The fourth-order valence-electron chi connectivity index (χ4n) is 0.647. The van der Waals surface area contributed by atoms with Gasteiger partial charge in [-0.15, -0.1) is 0 Å². The van der Waals surface area contributed by atoms with Crippen molar-refractivity contribution in [2.45, 2.75) is 20.0 Å². The molecule has 0 aromatic carbocycles. The van der Waals surface area contributed by atoms with Crippen LogP contribution in [0.1, 0.15) is 13.8 Å². The number of aliphatic hydroxyl groups excluding tert-OH is 1. The van der Waals surface area contributed by atoms with Crippen molar-refractivity contribution in [1.29, 1.82) is 0 Å². The van der Waals surface area contributed by atoms with Crippen molar-refractivity contribution in [2.75, 3.05) is 7.11 Å². The van der Waals surface area contributed by atoms with Crippen molar-refractivity contribution < 1.29 is 14.6 Å². The Morgan fingerprint density at radius 3 is 2.30 bits per heavy atom. The van der Waals surface area contributed by atoms with Gasteiger partial charge >= 0.3 is 5.97 Å². The molecule has 0 amide bonds. The van der Waals surface area contributed by atoms with Gasteiger partial charge in [-0.25, -0.2) is 4.79 Å². The van der Waals surface area contributed by atoms with Crippen LogP contribution in [0.15, 0.2) is 11.6 Å². The van der Waals surface area contributed by atoms with E-state index in [0.29, 0.717) is 5.57 Å². The highest BCUT2D eigenvalue weighted by molar-refractivity contribution is 5.89. The molecule has 0 spiro atoms. The number of esters is 1. The first-order chi connectivity index (χ1) is 4.63. The summed E-state index contributed by atoms with van der Waals surface area (Å²) in [6, 6.07) is 0. The standard InChI is InChI=1S/C7H12O3/c1-4-6(5(2)8)7(9)10-3/h4-5,8H,1-3H3/b6-4+. The van der Waals surface area contributed by atoms with Gasteiger partial charge in [0, 0.05) is 0 Å². The first kappa shape index (κ1) is 9.17. The molecule has 0 saturated heterocycles. The summed E-state index contributed by atoms with van der Waals surface area (Å²) in [5.74, 6) is -0.475. The van der Waals surface area contributed by atoms with Crippen LogP contribution in [0.2, 0.25) is 0 Å². The zero-order valence-corrected chi connectivity index (χ0v) is 6.42. The number of allylic oxidation sites excluding steroid dienone is 1. The summed E-state index contributed by atoms with van der Waals surface area (Å²) in [6.07, 6.45) is 0.786. The van der Waals surface area contributed by atoms with Crippen LogP contribution in [0.5, 0.6) is 0 Å². The van der Waals surface area contributed by atoms with Crippen LogP contribution in [0, 0.1) is 0 Å². The van der Waals surface area contributed by atoms with Gasteiger partial charge in [-0.3, -0.25) is 0 Å². The molecule has 0 aliphatic rings. The minimum Gasteiger partial charge on any atom is -0.466 e. The molecule has 0 saturated carbocycles. The second kappa shape index (κ2) is 4.06. The van der Waals surface area contributed by atoms with Gasteiger partial charge in [-0.05, 0) is 13.8 Å². The van der Waals surface area contributed by atoms with Crippen LogP contribution in [0.3, 0.4) is 0 Å². The second-order valence-corrected chi connectivity index (χ2v) is 1.91. The Kier molecular flexibility index (Phi) is 3.72. The largest absolute Gasteiger partial charge is 0.466 e. The summed E-state index contributed by atoms with van der Waals surface area (Å²) >= 11 is 0. The quantitative estimate of drug-likeness (QED) is 0.453. The number of hydrogen-bond donors (Lipinski definition) is 1. The van der Waals surface area contributed by atoms with Crippen molar-refractivity contribution >= 4 is 5.97 Å². The van der Waals surface area contributed by atoms with Crippen molar-refractivity contribution in [3.05, 3.63) is 11.6 Å². The summed E-state index contributed by atoms with van der Waals surface area (Å²) in [5, 5.41) is 8.94. The van der Waals surface area contributed by atoms with Crippen LogP contribution < -0.4 is 0 Å². The Bertz CT molecular complexity index is 147. The molecule has 0 radical (unpaired) electrons. The number of ether oxygens (including phenoxy) is 1. The average Bonchev–Trinajstić information content (AvgIpc) is 1.88. The molecule has 0 aromatic heterocycles. The van der Waals surface area contributed by atoms with E-state index in [4.69, 9.17) is 5.11 Å². The van der Waals surface area contributed by atoms with E-state index in [1.165, 1.54) is 20.1 Å². The lowest BCUT2D eigenvalue weighted by molar-refractivity contribution is -0.137. The molecule has 58 valence electrons. The first-order valence-corrected chi connectivity index (χ1v) is 3.06. The fourth-order valence-corrected chi connectivity index (χ4v) is 0.647. The van der Waals surface area contributed by atoms with Crippen LogP contribution in [0.25, 0.3) is 0 Å². The summed E-state index contributed by atoms with van der Waals surface area (Å²) in [6.45, 7) is 3.20. The zero-order valence-electron chi connectivity index (χ0n) is 6.42. The van der Waals surface area contributed by atoms with Gasteiger partial charge in [0.15, 0.2) is 0 Å². The van der Waals surface area contributed by atoms with Crippen LogP contribution in [0.4, 0.5) is 0 Å². The molecule has 10 heavy (non-hydrogen) atoms. The SMILES string of the molecule is C/C=C(/C(=O)OC)C(C)O. The van der Waals surface area contributed by atoms with Gasteiger partial charge in [0.05, 0.1) is 18.8 Å². The van der Waals surface area contributed by atoms with E-state index in [2.05, 4.69) is 4.74 Å². The van der Waals surface area contributed by atoms with Gasteiger partial charge in [0.25, 0.3) is 0 Å². The van der Waals surface area contributed by atoms with E-state index in [9.17, 15) is 4.79 Å². The smallest absolute Gasteiger partial charge is 0.336 e. The van der Waals surface area contributed by atoms with E-state index < -0.39 is 12.1 Å². The summed E-state index contributed by atoms with van der Waals surface area (Å²) < 4.78 is 4.40. The van der Waals surface area contributed by atoms with E-state index in [-0.39, 0.29) is 0 Å². The van der Waals surface area contributed by atoms with E-state index >= 15 is 0 Å². The predicted molar refractivity (Wildman–Crippen MR) is 37.5 cm³/mol. The Hall–Kier alpha value is -0.830. The van der Waals surface area contributed by atoms with Gasteiger partial charge < -0.3 is 9.84 Å². The normalized spacial score (nSPS) is 14.6. The molecule has 1 unspecified atom stereocenters. The van der Waals surface area contributed by atoms with Gasteiger partial charge in [-0.2, -0.15) is 0 Å². The van der Waals surface area contributed by atoms with Crippen molar-refractivity contribution in [3.8, 4) is 0 Å². The Morgan fingerprint density at radius 1 is 1.70 bits per heavy atom. The second-order valence-electron chi connectivity index (χ2n) is 1.91. The van der Waals surface area contributed by atoms with Crippen molar-refractivity contribution in [3.63, 3.8) is 0 Å². The molecule has 0 heterocycles. The monoisotopic (exact) mass is 144 g/mol. The topological polar surface area (TPSA) is 46.5 Å². The molecule has 0 fully saturated rings. The lowest BCUT2D eigenvalue weighted by atomic mass is 10.1. The molecule has 1 N–H and O–H groups in total. The van der Waals surface area contributed by atoms with Crippen molar-refractivity contribution in [1.82, 2.24) is 0 Å². The zero-order chi connectivity index (χ0) is 8.15. The van der Waals surface area contributed by atoms with Gasteiger partial charge in [-0.1, -0.05) is 6.08 Å². The van der Waals surface area contributed by atoms with Crippen LogP contribution >= 0.6 is 0 Å². The minimum absolute atomic E-state index is 0.294. The molecular weight excluding hydrogens is 132 g/mol. The maximum absolute atomic E-state index is 10.7. The fraction of sp³-hybridized carbons (Fsp3) is 0.571. The third kappa shape index (κ3) is 2.19. The summed E-state index contributed by atoms with van der Waals surface area (Å²) in [7, 11) is 1.29. The molecule has 1 atom stereocenters. The number of hydrogen-bond acceptors (Lipinski definition) is 3. The lowest BCUT2D eigenvalue weighted by Gasteiger charge is -2.05. The van der Waals surface area contributed by atoms with Crippen LogP contribution in [-0.2, 0) is 9.53 Å². The first-order valence-electron chi connectivity index (χ1n) is 3.06. The Morgan fingerprint density at radius 2 is 2.20 bits per heavy atom. The van der Waals surface area contributed by atoms with Gasteiger partial charge in [0.2, 0.25) is 0 Å². The number of methoxy groups -OCH3 is 1. The predicted octanol–water partition coefficient (Wildman–Crippen LogP) is 0.486. The maximum atomic E-state index is 10.7. The number of carbonyl (C=O) groups is 1. The number of carbonyl (C=O) groups excluding carboxylic acids is 1. The third-order valence-corrected chi connectivity index (χ3v) is 1.18. The Labute approximate surface area is 60.3 Å². The molecule has 0 aliphatic heterocycles. The summed E-state index contributed by atoms with van der Waals surface area (Å²) in [4.78, 5) is 10.7.